The Hall–Kier alpha value is -1.65. The van der Waals surface area contributed by atoms with Crippen LogP contribution in [0.5, 0.6) is 0 Å². The van der Waals surface area contributed by atoms with Crippen LogP contribution in [0.3, 0.4) is 0 Å². The SMILES string of the molecule is CCc1cc(NCC2(C(=O)O)CCCCC2)nc(C)n1. The Morgan fingerprint density at radius 1 is 1.35 bits per heavy atom. The first-order chi connectivity index (χ1) is 9.55. The Kier molecular flexibility index (Phi) is 4.57. The lowest BCUT2D eigenvalue weighted by Gasteiger charge is -2.33. The zero-order chi connectivity index (χ0) is 14.6. The molecule has 110 valence electrons. The highest BCUT2D eigenvalue weighted by Gasteiger charge is 2.39. The summed E-state index contributed by atoms with van der Waals surface area (Å²) in [5.74, 6) is 0.770. The van der Waals surface area contributed by atoms with E-state index in [0.29, 0.717) is 6.54 Å². The quantitative estimate of drug-likeness (QED) is 0.865. The van der Waals surface area contributed by atoms with Crippen molar-refractivity contribution >= 4 is 11.8 Å². The average molecular weight is 277 g/mol. The van der Waals surface area contributed by atoms with Crippen LogP contribution in [0.25, 0.3) is 0 Å². The molecule has 0 atom stereocenters. The van der Waals surface area contributed by atoms with E-state index in [9.17, 15) is 9.90 Å². The smallest absolute Gasteiger partial charge is 0.311 e. The molecule has 0 radical (unpaired) electrons. The van der Waals surface area contributed by atoms with Crippen LogP contribution in [0.1, 0.15) is 50.5 Å². The highest BCUT2D eigenvalue weighted by molar-refractivity contribution is 5.75. The predicted molar refractivity (Wildman–Crippen MR) is 77.8 cm³/mol. The highest BCUT2D eigenvalue weighted by Crippen LogP contribution is 2.36. The monoisotopic (exact) mass is 277 g/mol. The number of aromatic nitrogens is 2. The molecule has 0 aliphatic heterocycles. The molecule has 0 unspecified atom stereocenters. The van der Waals surface area contributed by atoms with Gasteiger partial charge in [0.25, 0.3) is 0 Å². The lowest BCUT2D eigenvalue weighted by Crippen LogP contribution is -2.39. The van der Waals surface area contributed by atoms with Gasteiger partial charge in [-0.15, -0.1) is 0 Å². The maximum absolute atomic E-state index is 11.6. The van der Waals surface area contributed by atoms with Crippen molar-refractivity contribution in [2.45, 2.75) is 52.4 Å². The summed E-state index contributed by atoms with van der Waals surface area (Å²) < 4.78 is 0. The topological polar surface area (TPSA) is 75.1 Å². The molecule has 1 saturated carbocycles. The molecular formula is C15H23N3O2. The van der Waals surface area contributed by atoms with Crippen molar-refractivity contribution in [3.05, 3.63) is 17.6 Å². The van der Waals surface area contributed by atoms with Crippen LogP contribution in [0.4, 0.5) is 5.82 Å². The largest absolute Gasteiger partial charge is 0.481 e. The Balaban J connectivity index is 2.09. The Bertz CT molecular complexity index is 482. The minimum Gasteiger partial charge on any atom is -0.481 e. The number of nitrogens with zero attached hydrogens (tertiary/aromatic N) is 2. The second-order valence-corrected chi connectivity index (χ2v) is 5.64. The number of rotatable bonds is 5. The van der Waals surface area contributed by atoms with Crippen LogP contribution in [0.15, 0.2) is 6.07 Å². The second-order valence-electron chi connectivity index (χ2n) is 5.64. The summed E-state index contributed by atoms with van der Waals surface area (Å²) in [4.78, 5) is 20.3. The number of hydrogen-bond donors (Lipinski definition) is 2. The zero-order valence-corrected chi connectivity index (χ0v) is 12.3. The fourth-order valence-electron chi connectivity index (χ4n) is 2.86. The number of anilines is 1. The van der Waals surface area contributed by atoms with Gasteiger partial charge in [0, 0.05) is 18.3 Å². The van der Waals surface area contributed by atoms with E-state index in [1.165, 1.54) is 0 Å². The van der Waals surface area contributed by atoms with Crippen molar-refractivity contribution in [3.63, 3.8) is 0 Å². The van der Waals surface area contributed by atoms with Crippen LogP contribution in [0, 0.1) is 12.3 Å². The van der Waals surface area contributed by atoms with Crippen molar-refractivity contribution in [1.82, 2.24) is 9.97 Å². The first-order valence-corrected chi connectivity index (χ1v) is 7.37. The number of carboxylic acid groups (broad SMARTS) is 1. The first kappa shape index (κ1) is 14.8. The van der Waals surface area contributed by atoms with Gasteiger partial charge < -0.3 is 10.4 Å². The van der Waals surface area contributed by atoms with Crippen LogP contribution in [0.2, 0.25) is 0 Å². The minimum atomic E-state index is -0.689. The number of hydrogen-bond acceptors (Lipinski definition) is 4. The van der Waals surface area contributed by atoms with Gasteiger partial charge in [0.15, 0.2) is 0 Å². The van der Waals surface area contributed by atoms with Crippen LogP contribution < -0.4 is 5.32 Å². The lowest BCUT2D eigenvalue weighted by atomic mass is 9.74. The molecule has 0 spiro atoms. The van der Waals surface area contributed by atoms with E-state index in [1.54, 1.807) is 0 Å². The van der Waals surface area contributed by atoms with E-state index in [4.69, 9.17) is 0 Å². The van der Waals surface area contributed by atoms with Gasteiger partial charge in [-0.1, -0.05) is 26.2 Å². The minimum absolute atomic E-state index is 0.446. The third kappa shape index (κ3) is 3.26. The molecule has 1 heterocycles. The molecule has 20 heavy (non-hydrogen) atoms. The molecule has 0 amide bonds. The number of carboxylic acids is 1. The molecule has 2 rings (SSSR count). The van der Waals surface area contributed by atoms with Crippen molar-refractivity contribution < 1.29 is 9.90 Å². The molecule has 2 N–H and O–H groups in total. The van der Waals surface area contributed by atoms with Crippen molar-refractivity contribution in [3.8, 4) is 0 Å². The van der Waals surface area contributed by atoms with E-state index in [-0.39, 0.29) is 0 Å². The predicted octanol–water partition coefficient (Wildman–Crippen LogP) is 2.79. The van der Waals surface area contributed by atoms with E-state index in [0.717, 1.165) is 55.9 Å². The van der Waals surface area contributed by atoms with Gasteiger partial charge in [-0.25, -0.2) is 9.97 Å². The average Bonchev–Trinajstić information content (AvgIpc) is 2.45. The Labute approximate surface area is 119 Å². The van der Waals surface area contributed by atoms with Crippen molar-refractivity contribution in [2.75, 3.05) is 11.9 Å². The number of aryl methyl sites for hydroxylation is 2. The summed E-state index contributed by atoms with van der Waals surface area (Å²) >= 11 is 0. The van der Waals surface area contributed by atoms with Gasteiger partial charge in [0.1, 0.15) is 11.6 Å². The third-order valence-corrected chi connectivity index (χ3v) is 4.13. The Morgan fingerprint density at radius 3 is 2.65 bits per heavy atom. The molecule has 1 fully saturated rings. The number of carbonyl (C=O) groups is 1. The van der Waals surface area contributed by atoms with Gasteiger partial charge in [0.05, 0.1) is 5.41 Å². The standard InChI is InChI=1S/C15H23N3O2/c1-3-12-9-13(18-11(2)17-12)16-10-15(14(19)20)7-5-4-6-8-15/h9H,3-8,10H2,1-2H3,(H,19,20)(H,16,17,18). The van der Waals surface area contributed by atoms with Crippen molar-refractivity contribution in [1.29, 1.82) is 0 Å². The van der Waals surface area contributed by atoms with E-state index >= 15 is 0 Å². The van der Waals surface area contributed by atoms with E-state index in [2.05, 4.69) is 15.3 Å². The molecule has 1 aromatic rings. The summed E-state index contributed by atoms with van der Waals surface area (Å²) in [6.07, 6.45) is 5.48. The normalized spacial score (nSPS) is 17.7. The van der Waals surface area contributed by atoms with Crippen LogP contribution in [-0.2, 0) is 11.2 Å². The molecule has 1 aliphatic carbocycles. The van der Waals surface area contributed by atoms with Gasteiger partial charge in [-0.3, -0.25) is 4.79 Å². The molecule has 5 heteroatoms. The molecule has 5 nitrogen and oxygen atoms in total. The highest BCUT2D eigenvalue weighted by atomic mass is 16.4. The summed E-state index contributed by atoms with van der Waals surface area (Å²) in [5.41, 5.74) is 0.344. The molecular weight excluding hydrogens is 254 g/mol. The first-order valence-electron chi connectivity index (χ1n) is 7.37. The molecule has 1 aromatic heterocycles. The molecule has 0 saturated heterocycles. The molecule has 1 aliphatic rings. The number of nitrogens with one attached hydrogen (secondary N) is 1. The van der Waals surface area contributed by atoms with Crippen LogP contribution in [-0.4, -0.2) is 27.6 Å². The third-order valence-electron chi connectivity index (χ3n) is 4.13. The maximum Gasteiger partial charge on any atom is 0.311 e. The summed E-state index contributed by atoms with van der Waals surface area (Å²) in [6, 6.07) is 1.91. The fraction of sp³-hybridized carbons (Fsp3) is 0.667. The zero-order valence-electron chi connectivity index (χ0n) is 12.3. The van der Waals surface area contributed by atoms with Gasteiger partial charge in [-0.05, 0) is 26.2 Å². The lowest BCUT2D eigenvalue weighted by molar-refractivity contribution is -0.150. The van der Waals surface area contributed by atoms with E-state index in [1.807, 2.05) is 19.9 Å². The Morgan fingerprint density at radius 2 is 2.05 bits per heavy atom. The number of aliphatic carboxylic acids is 1. The summed E-state index contributed by atoms with van der Waals surface area (Å²) in [6.45, 7) is 4.35. The summed E-state index contributed by atoms with van der Waals surface area (Å²) in [5, 5.41) is 12.8. The van der Waals surface area contributed by atoms with Gasteiger partial charge in [0.2, 0.25) is 0 Å². The fourth-order valence-corrected chi connectivity index (χ4v) is 2.86. The van der Waals surface area contributed by atoms with Gasteiger partial charge in [-0.2, -0.15) is 0 Å². The second kappa shape index (κ2) is 6.20. The van der Waals surface area contributed by atoms with E-state index < -0.39 is 11.4 Å². The molecule has 0 aromatic carbocycles. The molecule has 0 bridgehead atoms. The summed E-state index contributed by atoms with van der Waals surface area (Å²) in [7, 11) is 0. The maximum atomic E-state index is 11.6. The van der Waals surface area contributed by atoms with Crippen molar-refractivity contribution in [2.24, 2.45) is 5.41 Å². The van der Waals surface area contributed by atoms with Gasteiger partial charge >= 0.3 is 5.97 Å². The van der Waals surface area contributed by atoms with Crippen LogP contribution >= 0.6 is 0 Å².